The lowest BCUT2D eigenvalue weighted by molar-refractivity contribution is -0.128. The van der Waals surface area contributed by atoms with Gasteiger partial charge in [-0.05, 0) is 31.0 Å². The average Bonchev–Trinajstić information content (AvgIpc) is 2.82. The number of carbonyl (C=O) groups is 2. The molecule has 20 heavy (non-hydrogen) atoms. The largest absolute Gasteiger partial charge is 0.355 e. The lowest BCUT2D eigenvalue weighted by atomic mass is 10.1. The maximum atomic E-state index is 12.7. The Hall–Kier alpha value is -1.91. The van der Waals surface area contributed by atoms with Gasteiger partial charge in [-0.25, -0.2) is 4.39 Å². The molecule has 1 heterocycles. The highest BCUT2D eigenvalue weighted by atomic mass is 19.1. The molecule has 1 atom stereocenters. The van der Waals surface area contributed by atoms with Crippen LogP contribution in [0.15, 0.2) is 24.3 Å². The van der Waals surface area contributed by atoms with Crippen molar-refractivity contribution in [2.75, 3.05) is 19.6 Å². The second-order valence-electron chi connectivity index (χ2n) is 5.00. The van der Waals surface area contributed by atoms with Crippen LogP contribution in [0.5, 0.6) is 0 Å². The van der Waals surface area contributed by atoms with Crippen molar-refractivity contribution in [3.05, 3.63) is 35.6 Å². The maximum Gasteiger partial charge on any atom is 0.225 e. The molecule has 1 N–H and O–H groups in total. The maximum absolute atomic E-state index is 12.7. The van der Waals surface area contributed by atoms with E-state index in [1.807, 2.05) is 6.92 Å². The Kier molecular flexibility index (Phi) is 4.71. The van der Waals surface area contributed by atoms with Crippen LogP contribution < -0.4 is 5.32 Å². The van der Waals surface area contributed by atoms with E-state index in [1.54, 1.807) is 17.0 Å². The minimum atomic E-state index is -0.262. The molecule has 0 bridgehead atoms. The van der Waals surface area contributed by atoms with E-state index in [4.69, 9.17) is 0 Å². The Morgan fingerprint density at radius 3 is 2.70 bits per heavy atom. The molecular formula is C15H19FN2O2. The molecule has 0 radical (unpaired) electrons. The first-order chi connectivity index (χ1) is 9.60. The van der Waals surface area contributed by atoms with Crippen molar-refractivity contribution in [2.24, 2.45) is 5.92 Å². The fraction of sp³-hybridized carbons (Fsp3) is 0.467. The Balaban J connectivity index is 1.76. The monoisotopic (exact) mass is 278 g/mol. The van der Waals surface area contributed by atoms with Gasteiger partial charge in [0.05, 0.1) is 5.92 Å². The number of halogens is 1. The number of nitrogens with zero attached hydrogens (tertiary/aromatic N) is 1. The van der Waals surface area contributed by atoms with Crippen LogP contribution in [0.1, 0.15) is 18.9 Å². The van der Waals surface area contributed by atoms with Gasteiger partial charge in [-0.1, -0.05) is 12.1 Å². The number of hydrogen-bond donors (Lipinski definition) is 1. The standard InChI is InChI=1S/C15H19FN2O2/c1-2-18-10-12(9-14(18)19)15(20)17-8-7-11-3-5-13(16)6-4-11/h3-6,12H,2,7-10H2,1H3,(H,17,20). The number of rotatable bonds is 5. The summed E-state index contributed by atoms with van der Waals surface area (Å²) in [5, 5.41) is 2.84. The average molecular weight is 278 g/mol. The number of likely N-dealkylation sites (tertiary alicyclic amines) is 1. The predicted molar refractivity (Wildman–Crippen MR) is 73.5 cm³/mol. The first-order valence-corrected chi connectivity index (χ1v) is 6.90. The van der Waals surface area contributed by atoms with Gasteiger partial charge in [0, 0.05) is 26.1 Å². The highest BCUT2D eigenvalue weighted by molar-refractivity contribution is 5.89. The fourth-order valence-corrected chi connectivity index (χ4v) is 2.38. The molecule has 2 rings (SSSR count). The first kappa shape index (κ1) is 14.5. The smallest absolute Gasteiger partial charge is 0.225 e. The predicted octanol–water partition coefficient (Wildman–Crippen LogP) is 1.35. The molecule has 0 saturated carbocycles. The fourth-order valence-electron chi connectivity index (χ4n) is 2.38. The molecule has 1 fully saturated rings. The summed E-state index contributed by atoms with van der Waals surface area (Å²) >= 11 is 0. The molecule has 1 aromatic carbocycles. The molecule has 108 valence electrons. The van der Waals surface area contributed by atoms with E-state index in [-0.39, 0.29) is 23.5 Å². The highest BCUT2D eigenvalue weighted by Crippen LogP contribution is 2.17. The zero-order chi connectivity index (χ0) is 14.5. The minimum Gasteiger partial charge on any atom is -0.355 e. The molecule has 4 nitrogen and oxygen atoms in total. The number of nitrogens with one attached hydrogen (secondary N) is 1. The summed E-state index contributed by atoms with van der Waals surface area (Å²) in [6.07, 6.45) is 0.959. The van der Waals surface area contributed by atoms with Gasteiger partial charge in [0.2, 0.25) is 11.8 Å². The van der Waals surface area contributed by atoms with Crippen LogP contribution in [0.4, 0.5) is 4.39 Å². The molecular weight excluding hydrogens is 259 g/mol. The summed E-state index contributed by atoms with van der Waals surface area (Å²) in [4.78, 5) is 25.2. The van der Waals surface area contributed by atoms with Crippen molar-refractivity contribution in [3.63, 3.8) is 0 Å². The molecule has 1 unspecified atom stereocenters. The van der Waals surface area contributed by atoms with E-state index in [2.05, 4.69) is 5.32 Å². The van der Waals surface area contributed by atoms with Crippen molar-refractivity contribution in [1.29, 1.82) is 0 Å². The Morgan fingerprint density at radius 1 is 1.40 bits per heavy atom. The third-order valence-electron chi connectivity index (χ3n) is 3.59. The summed E-state index contributed by atoms with van der Waals surface area (Å²) in [5.41, 5.74) is 0.976. The van der Waals surface area contributed by atoms with Gasteiger partial charge in [-0.2, -0.15) is 0 Å². The molecule has 0 spiro atoms. The van der Waals surface area contributed by atoms with Crippen molar-refractivity contribution >= 4 is 11.8 Å². The quantitative estimate of drug-likeness (QED) is 0.884. The normalized spacial score (nSPS) is 18.4. The number of benzene rings is 1. The summed E-state index contributed by atoms with van der Waals surface area (Å²) in [6.45, 7) is 3.57. The van der Waals surface area contributed by atoms with E-state index in [1.165, 1.54) is 12.1 Å². The van der Waals surface area contributed by atoms with Crippen molar-refractivity contribution < 1.29 is 14.0 Å². The molecule has 1 aliphatic rings. The van der Waals surface area contributed by atoms with E-state index in [0.717, 1.165) is 5.56 Å². The zero-order valence-corrected chi connectivity index (χ0v) is 11.6. The Labute approximate surface area is 118 Å². The molecule has 1 saturated heterocycles. The van der Waals surface area contributed by atoms with Crippen molar-refractivity contribution in [3.8, 4) is 0 Å². The van der Waals surface area contributed by atoms with E-state index in [9.17, 15) is 14.0 Å². The minimum absolute atomic E-state index is 0.0474. The molecule has 1 aliphatic heterocycles. The summed E-state index contributed by atoms with van der Waals surface area (Å²) in [5.74, 6) is -0.528. The molecule has 1 aromatic rings. The first-order valence-electron chi connectivity index (χ1n) is 6.90. The summed E-state index contributed by atoms with van der Waals surface area (Å²) < 4.78 is 12.7. The van der Waals surface area contributed by atoms with Gasteiger partial charge in [0.15, 0.2) is 0 Å². The lowest BCUT2D eigenvalue weighted by Crippen LogP contribution is -2.34. The van der Waals surface area contributed by atoms with Crippen LogP contribution in [0.3, 0.4) is 0 Å². The third-order valence-corrected chi connectivity index (χ3v) is 3.59. The van der Waals surface area contributed by atoms with Gasteiger partial charge in [0.25, 0.3) is 0 Å². The van der Waals surface area contributed by atoms with Crippen LogP contribution in [0, 0.1) is 11.7 Å². The van der Waals surface area contributed by atoms with Crippen molar-refractivity contribution in [2.45, 2.75) is 19.8 Å². The van der Waals surface area contributed by atoms with Gasteiger partial charge in [-0.15, -0.1) is 0 Å². The highest BCUT2D eigenvalue weighted by Gasteiger charge is 2.32. The van der Waals surface area contributed by atoms with Crippen LogP contribution in [-0.4, -0.2) is 36.3 Å². The topological polar surface area (TPSA) is 49.4 Å². The lowest BCUT2D eigenvalue weighted by Gasteiger charge is -2.13. The van der Waals surface area contributed by atoms with Crippen LogP contribution in [-0.2, 0) is 16.0 Å². The summed E-state index contributed by atoms with van der Waals surface area (Å²) in [6, 6.07) is 6.23. The van der Waals surface area contributed by atoms with Crippen molar-refractivity contribution in [1.82, 2.24) is 10.2 Å². The van der Waals surface area contributed by atoms with Gasteiger partial charge in [-0.3, -0.25) is 9.59 Å². The third kappa shape index (κ3) is 3.56. The van der Waals surface area contributed by atoms with Gasteiger partial charge < -0.3 is 10.2 Å². The van der Waals surface area contributed by atoms with Crippen LogP contribution in [0.2, 0.25) is 0 Å². The van der Waals surface area contributed by atoms with Crippen LogP contribution in [0.25, 0.3) is 0 Å². The second kappa shape index (κ2) is 6.50. The van der Waals surface area contributed by atoms with E-state index >= 15 is 0 Å². The van der Waals surface area contributed by atoms with Crippen LogP contribution >= 0.6 is 0 Å². The zero-order valence-electron chi connectivity index (χ0n) is 11.6. The molecule has 2 amide bonds. The Bertz CT molecular complexity index is 487. The SMILES string of the molecule is CCN1CC(C(=O)NCCc2ccc(F)cc2)CC1=O. The summed E-state index contributed by atoms with van der Waals surface area (Å²) in [7, 11) is 0. The van der Waals surface area contributed by atoms with E-state index < -0.39 is 0 Å². The Morgan fingerprint density at radius 2 is 2.10 bits per heavy atom. The number of amides is 2. The molecule has 0 aliphatic carbocycles. The van der Waals surface area contributed by atoms with Gasteiger partial charge in [0.1, 0.15) is 5.82 Å². The number of carbonyl (C=O) groups excluding carboxylic acids is 2. The molecule has 5 heteroatoms. The van der Waals surface area contributed by atoms with Gasteiger partial charge >= 0.3 is 0 Å². The number of hydrogen-bond acceptors (Lipinski definition) is 2. The molecule has 0 aromatic heterocycles. The second-order valence-corrected chi connectivity index (χ2v) is 5.00. The van der Waals surface area contributed by atoms with E-state index in [0.29, 0.717) is 32.5 Å².